The number of hydrogen-bond acceptors (Lipinski definition) is 9. The molecule has 3 heterocycles. The number of fused-ring (bicyclic) bond motifs is 2. The van der Waals surface area contributed by atoms with Crippen molar-refractivity contribution in [2.24, 2.45) is 17.3 Å². The molecule has 0 aliphatic carbocycles. The second kappa shape index (κ2) is 14.3. The first-order valence-electron chi connectivity index (χ1n) is 15.9. The molecule has 2 aliphatic heterocycles. The summed E-state index contributed by atoms with van der Waals surface area (Å²) in [5.41, 5.74) is 1.58. The van der Waals surface area contributed by atoms with E-state index in [-0.39, 0.29) is 54.6 Å². The first kappa shape index (κ1) is 34.1. The van der Waals surface area contributed by atoms with Gasteiger partial charge in [0, 0.05) is 25.0 Å². The molecular formula is C33H47N5O7S. The van der Waals surface area contributed by atoms with Crippen molar-refractivity contribution >= 4 is 32.8 Å². The standard InChI is InChI=1S/C33H47N5O7S/c1-21(2)17-38(46(41,42)23-11-12-26-25(16-23)30(37-36-26)34-20-33(3,4)5)18-28(39)27(15-22-9-7-6-8-10-22)35-32(40)45-29-19-44-31-24(29)13-14-43-31/h6-12,16,21,24,27-29,31,39H,13-15,17-20H2,1-5H3,(H,35,40)(H2,34,36,37)/t24-,27-,28+,29?,31+/m0/s1. The van der Waals surface area contributed by atoms with Crippen molar-refractivity contribution in [3.8, 4) is 0 Å². The molecule has 0 bridgehead atoms. The maximum absolute atomic E-state index is 14.2. The van der Waals surface area contributed by atoms with Crippen LogP contribution in [0.1, 0.15) is 46.6 Å². The monoisotopic (exact) mass is 657 g/mol. The molecule has 3 aromatic rings. The lowest BCUT2D eigenvalue weighted by Crippen LogP contribution is -2.51. The van der Waals surface area contributed by atoms with Crippen LogP contribution in [0.3, 0.4) is 0 Å². The smallest absolute Gasteiger partial charge is 0.407 e. The third-order valence-corrected chi connectivity index (χ3v) is 10.1. The summed E-state index contributed by atoms with van der Waals surface area (Å²) in [5.74, 6) is 0.510. The van der Waals surface area contributed by atoms with E-state index in [1.807, 2.05) is 44.2 Å². The van der Waals surface area contributed by atoms with Crippen LogP contribution in [0, 0.1) is 17.3 Å². The van der Waals surface area contributed by atoms with Gasteiger partial charge in [-0.3, -0.25) is 5.10 Å². The van der Waals surface area contributed by atoms with Crippen LogP contribution in [0.4, 0.5) is 10.6 Å². The molecule has 2 saturated heterocycles. The van der Waals surface area contributed by atoms with Gasteiger partial charge in [0.15, 0.2) is 12.1 Å². The Morgan fingerprint density at radius 3 is 2.63 bits per heavy atom. The van der Waals surface area contributed by atoms with Gasteiger partial charge in [0.05, 0.1) is 41.7 Å². The second-order valence-electron chi connectivity index (χ2n) is 13.9. The van der Waals surface area contributed by atoms with Crippen LogP contribution in [0.2, 0.25) is 0 Å². The summed E-state index contributed by atoms with van der Waals surface area (Å²) in [6, 6.07) is 13.4. The van der Waals surface area contributed by atoms with Gasteiger partial charge in [0.2, 0.25) is 10.0 Å². The van der Waals surface area contributed by atoms with Gasteiger partial charge in [-0.15, -0.1) is 0 Å². The number of rotatable bonds is 13. The van der Waals surface area contributed by atoms with Crippen LogP contribution >= 0.6 is 0 Å². The molecule has 5 rings (SSSR count). The van der Waals surface area contributed by atoms with E-state index in [1.54, 1.807) is 18.2 Å². The number of carbonyl (C=O) groups is 1. The molecule has 12 nitrogen and oxygen atoms in total. The van der Waals surface area contributed by atoms with Crippen molar-refractivity contribution in [2.45, 2.75) is 76.9 Å². The highest BCUT2D eigenvalue weighted by atomic mass is 32.2. The van der Waals surface area contributed by atoms with Crippen LogP contribution in [0.25, 0.3) is 10.9 Å². The number of nitrogens with zero attached hydrogens (tertiary/aromatic N) is 2. The number of hydrogen-bond donors (Lipinski definition) is 4. The van der Waals surface area contributed by atoms with Crippen LogP contribution in [-0.4, -0.2) is 91.5 Å². The summed E-state index contributed by atoms with van der Waals surface area (Å²) in [6.45, 7) is 11.5. The molecule has 2 fully saturated rings. The molecular weight excluding hydrogens is 610 g/mol. The highest BCUT2D eigenvalue weighted by molar-refractivity contribution is 7.89. The zero-order valence-electron chi connectivity index (χ0n) is 27.2. The van der Waals surface area contributed by atoms with Crippen molar-refractivity contribution in [3.63, 3.8) is 0 Å². The molecule has 2 aromatic carbocycles. The SMILES string of the molecule is CC(C)CN(C[C@@H](O)[C@H](Cc1ccccc1)NC(=O)OC1CO[C@H]2OCC[C@@H]12)S(=O)(=O)c1ccc2[nH]nc(NCC(C)(C)C)c2c1. The topological polar surface area (TPSA) is 155 Å². The van der Waals surface area contributed by atoms with Gasteiger partial charge in [0.1, 0.15) is 6.10 Å². The fourth-order valence-corrected chi connectivity index (χ4v) is 7.47. The number of anilines is 1. The van der Waals surface area contributed by atoms with E-state index in [9.17, 15) is 18.3 Å². The number of alkyl carbamates (subject to hydrolysis) is 1. The third kappa shape index (κ3) is 8.37. The van der Waals surface area contributed by atoms with Crippen LogP contribution in [0.15, 0.2) is 53.4 Å². The van der Waals surface area contributed by atoms with Crippen molar-refractivity contribution in [3.05, 3.63) is 54.1 Å². The predicted octanol–water partition coefficient (Wildman–Crippen LogP) is 4.13. The lowest BCUT2D eigenvalue weighted by atomic mass is 9.97. The minimum absolute atomic E-state index is 0.00582. The molecule has 4 N–H and O–H groups in total. The Hall–Kier alpha value is -3.23. The van der Waals surface area contributed by atoms with E-state index in [2.05, 4.69) is 41.6 Å². The number of benzene rings is 2. The zero-order chi connectivity index (χ0) is 33.1. The minimum Gasteiger partial charge on any atom is -0.443 e. The second-order valence-corrected chi connectivity index (χ2v) is 15.8. The number of aromatic amines is 1. The Bertz CT molecular complexity index is 1570. The van der Waals surface area contributed by atoms with Crippen molar-refractivity contribution in [1.29, 1.82) is 0 Å². The van der Waals surface area contributed by atoms with E-state index in [1.165, 1.54) is 4.31 Å². The number of sulfonamides is 1. The number of aromatic nitrogens is 2. The normalized spacial score (nSPS) is 21.4. The van der Waals surface area contributed by atoms with Gasteiger partial charge in [-0.25, -0.2) is 13.2 Å². The highest BCUT2D eigenvalue weighted by Crippen LogP contribution is 2.33. The molecule has 252 valence electrons. The Morgan fingerprint density at radius 1 is 1.15 bits per heavy atom. The number of amides is 1. The summed E-state index contributed by atoms with van der Waals surface area (Å²) in [4.78, 5) is 13.2. The molecule has 13 heteroatoms. The summed E-state index contributed by atoms with van der Waals surface area (Å²) in [6.07, 6.45) is -1.76. The summed E-state index contributed by atoms with van der Waals surface area (Å²) < 4.78 is 46.5. The van der Waals surface area contributed by atoms with Crippen molar-refractivity contribution < 1.29 is 32.5 Å². The predicted molar refractivity (Wildman–Crippen MR) is 175 cm³/mol. The van der Waals surface area contributed by atoms with E-state index in [4.69, 9.17) is 14.2 Å². The maximum atomic E-state index is 14.2. The first-order valence-corrected chi connectivity index (χ1v) is 17.4. The number of aliphatic hydroxyl groups is 1. The molecule has 1 aromatic heterocycles. The summed E-state index contributed by atoms with van der Waals surface area (Å²) >= 11 is 0. The molecule has 0 spiro atoms. The van der Waals surface area contributed by atoms with Gasteiger partial charge in [-0.2, -0.15) is 9.40 Å². The highest BCUT2D eigenvalue weighted by Gasteiger charge is 2.44. The molecule has 1 unspecified atom stereocenters. The van der Waals surface area contributed by atoms with Gasteiger partial charge < -0.3 is 30.0 Å². The lowest BCUT2D eigenvalue weighted by molar-refractivity contribution is -0.0907. The van der Waals surface area contributed by atoms with Gasteiger partial charge >= 0.3 is 6.09 Å². The molecule has 2 aliphatic rings. The first-order chi connectivity index (χ1) is 21.8. The van der Waals surface area contributed by atoms with Crippen LogP contribution in [0.5, 0.6) is 0 Å². The largest absolute Gasteiger partial charge is 0.443 e. The van der Waals surface area contributed by atoms with Crippen LogP contribution in [-0.2, 0) is 30.7 Å². The Kier molecular flexibility index (Phi) is 10.6. The minimum atomic E-state index is -4.05. The van der Waals surface area contributed by atoms with E-state index in [0.717, 1.165) is 12.0 Å². The Balaban J connectivity index is 1.36. The summed E-state index contributed by atoms with van der Waals surface area (Å²) in [5, 5.41) is 25.7. The van der Waals surface area contributed by atoms with E-state index < -0.39 is 34.4 Å². The maximum Gasteiger partial charge on any atom is 0.407 e. The molecule has 1 amide bonds. The lowest BCUT2D eigenvalue weighted by Gasteiger charge is -2.31. The van der Waals surface area contributed by atoms with E-state index in [0.29, 0.717) is 29.9 Å². The number of carbonyl (C=O) groups excluding carboxylic acids is 1. The number of aliphatic hydroxyl groups excluding tert-OH is 1. The fourth-order valence-electron chi connectivity index (χ4n) is 5.82. The third-order valence-electron chi connectivity index (χ3n) is 8.23. The molecule has 0 saturated carbocycles. The van der Waals surface area contributed by atoms with Crippen molar-refractivity contribution in [2.75, 3.05) is 38.2 Å². The van der Waals surface area contributed by atoms with Gasteiger partial charge in [-0.05, 0) is 47.9 Å². The zero-order valence-corrected chi connectivity index (χ0v) is 28.0. The van der Waals surface area contributed by atoms with E-state index >= 15 is 0 Å². The number of ether oxygens (including phenoxy) is 3. The van der Waals surface area contributed by atoms with Gasteiger partial charge in [-0.1, -0.05) is 65.0 Å². The number of nitrogens with one attached hydrogen (secondary N) is 3. The average molecular weight is 658 g/mol. The Labute approximate surface area is 271 Å². The number of H-pyrrole nitrogens is 1. The molecule has 5 atom stereocenters. The van der Waals surface area contributed by atoms with Gasteiger partial charge in [0.25, 0.3) is 0 Å². The molecule has 0 radical (unpaired) electrons. The fraction of sp³-hybridized carbons (Fsp3) is 0.576. The van der Waals surface area contributed by atoms with Crippen molar-refractivity contribution in [1.82, 2.24) is 19.8 Å². The average Bonchev–Trinajstić information content (AvgIpc) is 3.72. The van der Waals surface area contributed by atoms with Crippen LogP contribution < -0.4 is 10.6 Å². The molecule has 46 heavy (non-hydrogen) atoms. The Morgan fingerprint density at radius 2 is 1.91 bits per heavy atom. The summed E-state index contributed by atoms with van der Waals surface area (Å²) in [7, 11) is -4.05. The quantitative estimate of drug-likeness (QED) is 0.212.